The highest BCUT2D eigenvalue weighted by atomic mass is 16.6. The van der Waals surface area contributed by atoms with Gasteiger partial charge < -0.3 is 9.47 Å². The molecule has 0 heterocycles. The summed E-state index contributed by atoms with van der Waals surface area (Å²) in [4.78, 5) is 23.7. The van der Waals surface area contributed by atoms with Crippen molar-refractivity contribution in [3.05, 3.63) is 35.4 Å². The van der Waals surface area contributed by atoms with Crippen molar-refractivity contribution in [3.63, 3.8) is 0 Å². The average molecular weight is 397 g/mol. The van der Waals surface area contributed by atoms with Crippen molar-refractivity contribution in [2.24, 2.45) is 5.92 Å². The molecule has 0 spiro atoms. The van der Waals surface area contributed by atoms with Crippen LogP contribution in [0.15, 0.2) is 24.3 Å². The molecule has 0 aromatic heterocycles. The first-order chi connectivity index (χ1) is 14.1. The standard InChI is InChI=1S/C25H32O4/c1-4-7-8-9-10-11-16-21-17-12-13-18-22(21)19-14-15-20-29-25(27)23(5-2)24(26)28-6-3/h12-13,17-18,23H,4-10,15,20H2,1-3H3. The molecule has 0 aliphatic rings. The quantitative estimate of drug-likeness (QED) is 0.245. The Kier molecular flexibility index (Phi) is 12.8. The van der Waals surface area contributed by atoms with Crippen LogP contribution in [0.5, 0.6) is 0 Å². The van der Waals surface area contributed by atoms with E-state index >= 15 is 0 Å². The Morgan fingerprint density at radius 2 is 1.48 bits per heavy atom. The lowest BCUT2D eigenvalue weighted by Gasteiger charge is -2.12. The van der Waals surface area contributed by atoms with Crippen molar-refractivity contribution in [2.75, 3.05) is 13.2 Å². The summed E-state index contributed by atoms with van der Waals surface area (Å²) < 4.78 is 10.1. The Bertz CT molecular complexity index is 758. The van der Waals surface area contributed by atoms with E-state index in [1.54, 1.807) is 13.8 Å². The molecule has 0 saturated heterocycles. The summed E-state index contributed by atoms with van der Waals surface area (Å²) in [6.07, 6.45) is 6.48. The highest BCUT2D eigenvalue weighted by Crippen LogP contribution is 2.09. The molecule has 0 bridgehead atoms. The SMILES string of the molecule is CCCCCCC#Cc1ccccc1C#CCCOC(=O)C(CC)C(=O)OCC. The van der Waals surface area contributed by atoms with Gasteiger partial charge in [-0.25, -0.2) is 0 Å². The predicted octanol–water partition coefficient (Wildman–Crippen LogP) is 4.88. The van der Waals surface area contributed by atoms with Gasteiger partial charge in [-0.05, 0) is 31.9 Å². The number of unbranched alkanes of at least 4 members (excludes halogenated alkanes) is 4. The van der Waals surface area contributed by atoms with Crippen LogP contribution in [0, 0.1) is 29.6 Å². The van der Waals surface area contributed by atoms with Crippen LogP contribution in [-0.2, 0) is 19.1 Å². The molecule has 1 aromatic rings. The lowest BCUT2D eigenvalue weighted by atomic mass is 10.1. The van der Waals surface area contributed by atoms with Gasteiger partial charge in [0.25, 0.3) is 0 Å². The molecule has 4 nitrogen and oxygen atoms in total. The van der Waals surface area contributed by atoms with Crippen LogP contribution in [0.1, 0.15) is 76.8 Å². The first-order valence-electron chi connectivity index (χ1n) is 10.5. The molecule has 0 amide bonds. The van der Waals surface area contributed by atoms with Crippen LogP contribution in [0.2, 0.25) is 0 Å². The first-order valence-corrected chi connectivity index (χ1v) is 10.5. The molecule has 1 rings (SSSR count). The predicted molar refractivity (Wildman–Crippen MR) is 115 cm³/mol. The van der Waals surface area contributed by atoms with Crippen LogP contribution in [0.4, 0.5) is 0 Å². The van der Waals surface area contributed by atoms with Gasteiger partial charge >= 0.3 is 11.9 Å². The second-order valence-corrected chi connectivity index (χ2v) is 6.59. The van der Waals surface area contributed by atoms with Crippen molar-refractivity contribution in [1.82, 2.24) is 0 Å². The Balaban J connectivity index is 2.53. The maximum Gasteiger partial charge on any atom is 0.320 e. The molecule has 0 fully saturated rings. The van der Waals surface area contributed by atoms with Crippen LogP contribution in [0.3, 0.4) is 0 Å². The Labute approximate surface area is 175 Å². The third-order valence-corrected chi connectivity index (χ3v) is 4.26. The van der Waals surface area contributed by atoms with Crippen LogP contribution >= 0.6 is 0 Å². The van der Waals surface area contributed by atoms with Crippen LogP contribution < -0.4 is 0 Å². The van der Waals surface area contributed by atoms with Gasteiger partial charge in [-0.15, -0.1) is 0 Å². The van der Waals surface area contributed by atoms with Crippen molar-refractivity contribution >= 4 is 11.9 Å². The minimum atomic E-state index is -0.865. The lowest BCUT2D eigenvalue weighted by Crippen LogP contribution is -2.27. The zero-order valence-electron chi connectivity index (χ0n) is 17.9. The van der Waals surface area contributed by atoms with Crippen LogP contribution in [0.25, 0.3) is 0 Å². The molecule has 0 saturated carbocycles. The van der Waals surface area contributed by atoms with E-state index in [1.807, 2.05) is 24.3 Å². The summed E-state index contributed by atoms with van der Waals surface area (Å²) in [6.45, 7) is 6.05. The summed E-state index contributed by atoms with van der Waals surface area (Å²) in [5.74, 6) is 10.6. The minimum Gasteiger partial charge on any atom is -0.465 e. The van der Waals surface area contributed by atoms with E-state index in [0.717, 1.165) is 24.0 Å². The summed E-state index contributed by atoms with van der Waals surface area (Å²) in [7, 11) is 0. The van der Waals surface area contributed by atoms with Crippen molar-refractivity contribution < 1.29 is 19.1 Å². The highest BCUT2D eigenvalue weighted by Gasteiger charge is 2.27. The van der Waals surface area contributed by atoms with Gasteiger partial charge in [-0.1, -0.05) is 68.9 Å². The van der Waals surface area contributed by atoms with Gasteiger partial charge in [0.15, 0.2) is 5.92 Å². The van der Waals surface area contributed by atoms with Crippen molar-refractivity contribution in [3.8, 4) is 23.7 Å². The van der Waals surface area contributed by atoms with Crippen LogP contribution in [-0.4, -0.2) is 25.2 Å². The molecule has 1 atom stereocenters. The van der Waals surface area contributed by atoms with E-state index in [4.69, 9.17) is 9.47 Å². The third kappa shape index (κ3) is 9.86. The van der Waals surface area contributed by atoms with E-state index < -0.39 is 17.9 Å². The fourth-order valence-corrected chi connectivity index (χ4v) is 2.63. The van der Waals surface area contributed by atoms with E-state index in [9.17, 15) is 9.59 Å². The number of ether oxygens (including phenoxy) is 2. The van der Waals surface area contributed by atoms with E-state index in [0.29, 0.717) is 12.8 Å². The molecular formula is C25H32O4. The van der Waals surface area contributed by atoms with Gasteiger partial charge in [-0.3, -0.25) is 9.59 Å². The highest BCUT2D eigenvalue weighted by molar-refractivity contribution is 5.94. The normalized spacial score (nSPS) is 10.7. The van der Waals surface area contributed by atoms with E-state index in [2.05, 4.69) is 30.6 Å². The molecule has 0 aliphatic carbocycles. The monoisotopic (exact) mass is 396 g/mol. The number of rotatable bonds is 10. The van der Waals surface area contributed by atoms with Gasteiger partial charge in [0, 0.05) is 24.0 Å². The molecule has 4 heteroatoms. The topological polar surface area (TPSA) is 52.6 Å². The minimum absolute atomic E-state index is 0.146. The molecule has 29 heavy (non-hydrogen) atoms. The molecule has 0 radical (unpaired) electrons. The van der Waals surface area contributed by atoms with Gasteiger partial charge in [0.05, 0.1) is 6.61 Å². The summed E-state index contributed by atoms with van der Waals surface area (Å²) >= 11 is 0. The fourth-order valence-electron chi connectivity index (χ4n) is 2.63. The maximum atomic E-state index is 12.0. The van der Waals surface area contributed by atoms with Crippen molar-refractivity contribution in [1.29, 1.82) is 0 Å². The Morgan fingerprint density at radius 1 is 0.862 bits per heavy atom. The van der Waals surface area contributed by atoms with Crippen molar-refractivity contribution in [2.45, 2.75) is 65.7 Å². The molecule has 156 valence electrons. The molecule has 0 N–H and O–H groups in total. The molecule has 0 aliphatic heterocycles. The Morgan fingerprint density at radius 3 is 2.07 bits per heavy atom. The maximum absolute atomic E-state index is 12.0. The fraction of sp³-hybridized carbons (Fsp3) is 0.520. The van der Waals surface area contributed by atoms with E-state index in [1.165, 1.54) is 19.3 Å². The van der Waals surface area contributed by atoms with E-state index in [-0.39, 0.29) is 13.2 Å². The van der Waals surface area contributed by atoms with Gasteiger partial charge in [0.1, 0.15) is 6.61 Å². The number of benzene rings is 1. The number of hydrogen-bond donors (Lipinski definition) is 0. The smallest absolute Gasteiger partial charge is 0.320 e. The molecule has 1 unspecified atom stereocenters. The zero-order chi connectivity index (χ0) is 21.3. The lowest BCUT2D eigenvalue weighted by molar-refractivity contribution is -0.161. The van der Waals surface area contributed by atoms with Gasteiger partial charge in [-0.2, -0.15) is 0 Å². The number of carbonyl (C=O) groups excluding carboxylic acids is 2. The number of esters is 2. The first kappa shape index (κ1) is 24.3. The summed E-state index contributed by atoms with van der Waals surface area (Å²) in [6, 6.07) is 7.79. The second-order valence-electron chi connectivity index (χ2n) is 6.59. The Hall–Kier alpha value is -2.72. The number of hydrogen-bond acceptors (Lipinski definition) is 4. The number of carbonyl (C=O) groups is 2. The second kappa shape index (κ2) is 15.2. The molecule has 1 aromatic carbocycles. The van der Waals surface area contributed by atoms with Gasteiger partial charge in [0.2, 0.25) is 0 Å². The zero-order valence-corrected chi connectivity index (χ0v) is 17.9. The summed E-state index contributed by atoms with van der Waals surface area (Å²) in [5.41, 5.74) is 1.79. The average Bonchev–Trinajstić information content (AvgIpc) is 2.72. The third-order valence-electron chi connectivity index (χ3n) is 4.26. The molecular weight excluding hydrogens is 364 g/mol. The largest absolute Gasteiger partial charge is 0.465 e. The summed E-state index contributed by atoms with van der Waals surface area (Å²) in [5, 5.41) is 0.